The predicted molar refractivity (Wildman–Crippen MR) is 106 cm³/mol. The van der Waals surface area contributed by atoms with Crippen LogP contribution in [0, 0.1) is 11.2 Å². The third kappa shape index (κ3) is 4.23. The van der Waals surface area contributed by atoms with E-state index in [1.165, 1.54) is 12.1 Å². The van der Waals surface area contributed by atoms with Crippen LogP contribution in [0.25, 0.3) is 11.3 Å². The van der Waals surface area contributed by atoms with Gasteiger partial charge in [-0.3, -0.25) is 4.79 Å². The average Bonchev–Trinajstić information content (AvgIpc) is 3.25. The summed E-state index contributed by atoms with van der Waals surface area (Å²) in [5.41, 5.74) is 0.831. The molecule has 154 valence electrons. The summed E-state index contributed by atoms with van der Waals surface area (Å²) in [4.78, 5) is 21.1. The molecule has 3 heterocycles. The number of carbonyl (C=O) groups is 1. The average molecular weight is 400 g/mol. The van der Waals surface area contributed by atoms with Crippen molar-refractivity contribution in [2.45, 2.75) is 45.1 Å². The molecule has 2 aliphatic heterocycles. The van der Waals surface area contributed by atoms with Crippen molar-refractivity contribution >= 4 is 11.9 Å². The Labute approximate surface area is 169 Å². The van der Waals surface area contributed by atoms with E-state index in [-0.39, 0.29) is 36.0 Å². The summed E-state index contributed by atoms with van der Waals surface area (Å²) in [5.74, 6) is 0.0787. The van der Waals surface area contributed by atoms with E-state index in [4.69, 9.17) is 9.47 Å². The lowest BCUT2D eigenvalue weighted by Gasteiger charge is -2.23. The van der Waals surface area contributed by atoms with Crippen LogP contribution in [-0.2, 0) is 14.3 Å². The molecular formula is C21H25FN4O3. The maximum atomic E-state index is 13.5. The number of benzene rings is 1. The zero-order chi connectivity index (χ0) is 20.6. The van der Waals surface area contributed by atoms with Crippen molar-refractivity contribution in [3.05, 3.63) is 42.3 Å². The van der Waals surface area contributed by atoms with Crippen LogP contribution in [0.5, 0.6) is 0 Å². The van der Waals surface area contributed by atoms with Crippen molar-refractivity contribution in [1.29, 1.82) is 0 Å². The van der Waals surface area contributed by atoms with E-state index >= 15 is 0 Å². The standard InChI is InChI=1S/C21H25FN4O3/c1-21(2,3)19(27)24-15-10-28-18-16(11-29-17(15)18)26-20-23-8-7-14(25-20)12-5-4-6-13(22)9-12/h4-9,15-18H,10-11H2,1-3H3,(H,24,27)(H,23,25,26). The van der Waals surface area contributed by atoms with Gasteiger partial charge in [0.05, 0.1) is 31.0 Å². The Hall–Kier alpha value is -2.58. The van der Waals surface area contributed by atoms with Crippen LogP contribution >= 0.6 is 0 Å². The van der Waals surface area contributed by atoms with Gasteiger partial charge < -0.3 is 20.1 Å². The predicted octanol–water partition coefficient (Wildman–Crippen LogP) is 2.39. The fraction of sp³-hybridized carbons (Fsp3) is 0.476. The van der Waals surface area contributed by atoms with Gasteiger partial charge in [-0.15, -0.1) is 0 Å². The molecule has 1 aromatic carbocycles. The summed E-state index contributed by atoms with van der Waals surface area (Å²) >= 11 is 0. The summed E-state index contributed by atoms with van der Waals surface area (Å²) in [6.45, 7) is 6.44. The largest absolute Gasteiger partial charge is 0.371 e. The zero-order valence-electron chi connectivity index (χ0n) is 16.7. The number of nitrogens with one attached hydrogen (secondary N) is 2. The molecule has 1 amide bonds. The summed E-state index contributed by atoms with van der Waals surface area (Å²) < 4.78 is 25.3. The molecule has 2 N–H and O–H groups in total. The van der Waals surface area contributed by atoms with Crippen LogP contribution in [0.3, 0.4) is 0 Å². The summed E-state index contributed by atoms with van der Waals surface area (Å²) in [6.07, 6.45) is 1.21. The van der Waals surface area contributed by atoms with Gasteiger partial charge in [0, 0.05) is 17.2 Å². The zero-order valence-corrected chi connectivity index (χ0v) is 16.7. The van der Waals surface area contributed by atoms with Gasteiger partial charge in [-0.1, -0.05) is 32.9 Å². The molecule has 1 aromatic heterocycles. The lowest BCUT2D eigenvalue weighted by atomic mass is 9.94. The fourth-order valence-electron chi connectivity index (χ4n) is 3.53. The third-order valence-corrected chi connectivity index (χ3v) is 5.14. The number of anilines is 1. The number of hydrogen-bond donors (Lipinski definition) is 2. The normalized spacial score (nSPS) is 26.2. The minimum Gasteiger partial charge on any atom is -0.371 e. The first-order valence-electron chi connectivity index (χ1n) is 9.71. The second-order valence-electron chi connectivity index (χ2n) is 8.45. The SMILES string of the molecule is CC(C)(C)C(=O)NC1COC2C(Nc3nccc(-c4cccc(F)c4)n3)COC12. The van der Waals surface area contributed by atoms with Crippen LogP contribution in [0.1, 0.15) is 20.8 Å². The van der Waals surface area contributed by atoms with Crippen LogP contribution in [0.2, 0.25) is 0 Å². The molecule has 4 unspecified atom stereocenters. The highest BCUT2D eigenvalue weighted by Gasteiger charge is 2.48. The highest BCUT2D eigenvalue weighted by molar-refractivity contribution is 5.81. The van der Waals surface area contributed by atoms with E-state index in [9.17, 15) is 9.18 Å². The Morgan fingerprint density at radius 2 is 1.86 bits per heavy atom. The molecule has 0 bridgehead atoms. The van der Waals surface area contributed by atoms with E-state index in [0.29, 0.717) is 30.4 Å². The number of halogens is 1. The maximum Gasteiger partial charge on any atom is 0.225 e. The molecule has 2 saturated heterocycles. The summed E-state index contributed by atoms with van der Waals surface area (Å²) in [7, 11) is 0. The molecule has 2 fully saturated rings. The number of rotatable bonds is 4. The molecular weight excluding hydrogens is 375 g/mol. The lowest BCUT2D eigenvalue weighted by molar-refractivity contribution is -0.129. The number of carbonyl (C=O) groups excluding carboxylic acids is 1. The van der Waals surface area contributed by atoms with Crippen molar-refractivity contribution in [1.82, 2.24) is 15.3 Å². The minimum atomic E-state index is -0.473. The van der Waals surface area contributed by atoms with E-state index in [1.54, 1.807) is 24.4 Å². The number of ether oxygens (including phenoxy) is 2. The molecule has 29 heavy (non-hydrogen) atoms. The second-order valence-corrected chi connectivity index (χ2v) is 8.45. The molecule has 2 aliphatic rings. The lowest BCUT2D eigenvalue weighted by Crippen LogP contribution is -2.48. The summed E-state index contributed by atoms with van der Waals surface area (Å²) in [5, 5.41) is 6.29. The molecule has 7 nitrogen and oxygen atoms in total. The van der Waals surface area contributed by atoms with Gasteiger partial charge in [0.1, 0.15) is 18.0 Å². The van der Waals surface area contributed by atoms with E-state index in [2.05, 4.69) is 20.6 Å². The number of aromatic nitrogens is 2. The molecule has 0 saturated carbocycles. The van der Waals surface area contributed by atoms with Crippen LogP contribution in [0.15, 0.2) is 36.5 Å². The Morgan fingerprint density at radius 3 is 2.59 bits per heavy atom. The Morgan fingerprint density at radius 1 is 1.14 bits per heavy atom. The Balaban J connectivity index is 1.43. The van der Waals surface area contributed by atoms with Gasteiger partial charge in [0.25, 0.3) is 0 Å². The van der Waals surface area contributed by atoms with Crippen molar-refractivity contribution in [3.8, 4) is 11.3 Å². The van der Waals surface area contributed by atoms with Gasteiger partial charge in [-0.05, 0) is 18.2 Å². The number of fused-ring (bicyclic) bond motifs is 1. The van der Waals surface area contributed by atoms with E-state index < -0.39 is 5.41 Å². The molecule has 8 heteroatoms. The van der Waals surface area contributed by atoms with Crippen molar-refractivity contribution in [2.24, 2.45) is 5.41 Å². The van der Waals surface area contributed by atoms with Gasteiger partial charge in [0.2, 0.25) is 11.9 Å². The maximum absolute atomic E-state index is 13.5. The number of hydrogen-bond acceptors (Lipinski definition) is 6. The van der Waals surface area contributed by atoms with Crippen molar-refractivity contribution in [2.75, 3.05) is 18.5 Å². The molecule has 0 spiro atoms. The van der Waals surface area contributed by atoms with E-state index in [0.717, 1.165) is 0 Å². The third-order valence-electron chi connectivity index (χ3n) is 5.14. The fourth-order valence-corrected chi connectivity index (χ4v) is 3.53. The molecule has 4 rings (SSSR count). The molecule has 2 aromatic rings. The van der Waals surface area contributed by atoms with Crippen molar-refractivity contribution in [3.63, 3.8) is 0 Å². The second kappa shape index (κ2) is 7.68. The number of nitrogens with zero attached hydrogens (tertiary/aromatic N) is 2. The Bertz CT molecular complexity index is 901. The first-order valence-corrected chi connectivity index (χ1v) is 9.71. The molecule has 0 radical (unpaired) electrons. The smallest absolute Gasteiger partial charge is 0.225 e. The van der Waals surface area contributed by atoms with Gasteiger partial charge in [-0.25, -0.2) is 14.4 Å². The summed E-state index contributed by atoms with van der Waals surface area (Å²) in [6, 6.07) is 7.69. The van der Waals surface area contributed by atoms with Crippen LogP contribution in [-0.4, -0.2) is 53.4 Å². The number of amides is 1. The van der Waals surface area contributed by atoms with Gasteiger partial charge >= 0.3 is 0 Å². The molecule has 4 atom stereocenters. The van der Waals surface area contributed by atoms with Crippen LogP contribution in [0.4, 0.5) is 10.3 Å². The topological polar surface area (TPSA) is 85.4 Å². The van der Waals surface area contributed by atoms with Crippen molar-refractivity contribution < 1.29 is 18.7 Å². The monoisotopic (exact) mass is 400 g/mol. The highest BCUT2D eigenvalue weighted by Crippen LogP contribution is 2.29. The van der Waals surface area contributed by atoms with Gasteiger partial charge in [0.15, 0.2) is 0 Å². The van der Waals surface area contributed by atoms with E-state index in [1.807, 2.05) is 20.8 Å². The minimum absolute atomic E-state index is 0.0297. The highest BCUT2D eigenvalue weighted by atomic mass is 19.1. The quantitative estimate of drug-likeness (QED) is 0.820. The van der Waals surface area contributed by atoms with Crippen LogP contribution < -0.4 is 10.6 Å². The first-order chi connectivity index (χ1) is 13.8. The molecule has 0 aliphatic carbocycles. The van der Waals surface area contributed by atoms with Gasteiger partial charge in [-0.2, -0.15) is 0 Å². The first kappa shape index (κ1) is 19.7. The Kier molecular flexibility index (Phi) is 5.23.